The molecule has 0 amide bonds. The van der Waals surface area contributed by atoms with Crippen LogP contribution in [-0.4, -0.2) is 18.2 Å². The number of hydrogen-bond donors (Lipinski definition) is 1. The number of aryl methyl sites for hydroxylation is 2. The van der Waals surface area contributed by atoms with Crippen LogP contribution in [0.25, 0.3) is 0 Å². The number of halogens is 1. The molecule has 0 saturated carbocycles. The lowest BCUT2D eigenvalue weighted by Gasteiger charge is -2.05. The van der Waals surface area contributed by atoms with Crippen molar-refractivity contribution in [3.05, 3.63) is 23.5 Å². The first-order valence-electron chi connectivity index (χ1n) is 3.97. The molecule has 0 radical (unpaired) electrons. The van der Waals surface area contributed by atoms with Gasteiger partial charge in [-0.25, -0.2) is 4.39 Å². The van der Waals surface area contributed by atoms with Gasteiger partial charge in [0.05, 0.1) is 0 Å². The fourth-order valence-corrected chi connectivity index (χ4v) is 1.13. The van der Waals surface area contributed by atoms with Crippen LogP contribution in [0.1, 0.15) is 11.4 Å². The van der Waals surface area contributed by atoms with Crippen LogP contribution in [0.3, 0.4) is 0 Å². The van der Waals surface area contributed by atoms with Crippen molar-refractivity contribution in [1.29, 1.82) is 0 Å². The van der Waals surface area contributed by atoms with E-state index in [1.165, 1.54) is 0 Å². The van der Waals surface area contributed by atoms with E-state index >= 15 is 0 Å². The number of pyridine rings is 1. The van der Waals surface area contributed by atoms with E-state index in [0.29, 0.717) is 6.54 Å². The fourth-order valence-electron chi connectivity index (χ4n) is 1.13. The Morgan fingerprint density at radius 3 is 2.42 bits per heavy atom. The number of aromatic nitrogens is 1. The Morgan fingerprint density at radius 1 is 1.33 bits per heavy atom. The van der Waals surface area contributed by atoms with Crippen LogP contribution in [0, 0.1) is 13.8 Å². The Balaban J connectivity index is 2.72. The van der Waals surface area contributed by atoms with E-state index in [1.54, 1.807) is 0 Å². The van der Waals surface area contributed by atoms with E-state index in [0.717, 1.165) is 17.1 Å². The Labute approximate surface area is 71.8 Å². The Kier molecular flexibility index (Phi) is 3.02. The van der Waals surface area contributed by atoms with Crippen molar-refractivity contribution in [2.24, 2.45) is 0 Å². The molecule has 0 bridgehead atoms. The van der Waals surface area contributed by atoms with E-state index < -0.39 is 0 Å². The highest BCUT2D eigenvalue weighted by Crippen LogP contribution is 2.09. The van der Waals surface area contributed by atoms with Crippen molar-refractivity contribution in [3.8, 4) is 0 Å². The molecule has 1 rings (SSSR count). The standard InChI is InChI=1S/C9H13FN2/c1-7-5-9(11-4-3-10)6-8(2)12-7/h5-6H,3-4H2,1-2H3,(H,11,12). The minimum atomic E-state index is -0.347. The van der Waals surface area contributed by atoms with Gasteiger partial charge < -0.3 is 5.32 Å². The molecular formula is C9H13FN2. The maximum absolute atomic E-state index is 11.8. The molecule has 1 aromatic rings. The van der Waals surface area contributed by atoms with E-state index in [1.807, 2.05) is 26.0 Å². The molecule has 0 aliphatic rings. The zero-order chi connectivity index (χ0) is 8.97. The smallest absolute Gasteiger partial charge is 0.107 e. The third kappa shape index (κ3) is 2.49. The lowest BCUT2D eigenvalue weighted by molar-refractivity contribution is 0.512. The quantitative estimate of drug-likeness (QED) is 0.747. The van der Waals surface area contributed by atoms with Gasteiger partial charge in [-0.3, -0.25) is 4.98 Å². The molecule has 0 fully saturated rings. The molecule has 0 spiro atoms. The van der Waals surface area contributed by atoms with Crippen molar-refractivity contribution in [1.82, 2.24) is 4.98 Å². The highest BCUT2D eigenvalue weighted by molar-refractivity contribution is 5.44. The number of nitrogens with zero attached hydrogens (tertiary/aromatic N) is 1. The Morgan fingerprint density at radius 2 is 1.92 bits per heavy atom. The van der Waals surface area contributed by atoms with Gasteiger partial charge in [0.1, 0.15) is 6.67 Å². The minimum absolute atomic E-state index is 0.347. The van der Waals surface area contributed by atoms with Gasteiger partial charge in [-0.15, -0.1) is 0 Å². The summed E-state index contributed by atoms with van der Waals surface area (Å²) < 4.78 is 11.8. The molecular weight excluding hydrogens is 155 g/mol. The van der Waals surface area contributed by atoms with E-state index in [9.17, 15) is 4.39 Å². The van der Waals surface area contributed by atoms with Gasteiger partial charge in [0.25, 0.3) is 0 Å². The molecule has 0 aliphatic carbocycles. The van der Waals surface area contributed by atoms with Gasteiger partial charge in [0.2, 0.25) is 0 Å². The molecule has 1 heterocycles. The summed E-state index contributed by atoms with van der Waals surface area (Å²) in [7, 11) is 0. The van der Waals surface area contributed by atoms with Gasteiger partial charge in [-0.05, 0) is 26.0 Å². The first-order valence-corrected chi connectivity index (χ1v) is 3.97. The predicted octanol–water partition coefficient (Wildman–Crippen LogP) is 2.08. The average Bonchev–Trinajstić information content (AvgIpc) is 1.99. The summed E-state index contributed by atoms with van der Waals surface area (Å²) in [6.07, 6.45) is 0. The molecule has 2 nitrogen and oxygen atoms in total. The monoisotopic (exact) mass is 168 g/mol. The van der Waals surface area contributed by atoms with Crippen LogP contribution in [0.4, 0.5) is 10.1 Å². The van der Waals surface area contributed by atoms with E-state index in [-0.39, 0.29) is 6.67 Å². The Hall–Kier alpha value is -1.12. The van der Waals surface area contributed by atoms with Crippen molar-refractivity contribution >= 4 is 5.69 Å². The summed E-state index contributed by atoms with van der Waals surface area (Å²) in [5.74, 6) is 0. The fraction of sp³-hybridized carbons (Fsp3) is 0.444. The SMILES string of the molecule is Cc1cc(NCCF)cc(C)n1. The lowest BCUT2D eigenvalue weighted by Crippen LogP contribution is -2.03. The number of nitrogens with one attached hydrogen (secondary N) is 1. The molecule has 0 saturated heterocycles. The third-order valence-corrected chi connectivity index (χ3v) is 1.51. The number of rotatable bonds is 3. The zero-order valence-electron chi connectivity index (χ0n) is 7.39. The molecule has 0 unspecified atom stereocenters. The van der Waals surface area contributed by atoms with Gasteiger partial charge >= 0.3 is 0 Å². The normalized spacial score (nSPS) is 9.92. The molecule has 66 valence electrons. The average molecular weight is 168 g/mol. The number of hydrogen-bond acceptors (Lipinski definition) is 2. The van der Waals surface area contributed by atoms with Gasteiger partial charge in [-0.1, -0.05) is 0 Å². The first-order chi connectivity index (χ1) is 5.72. The summed E-state index contributed by atoms with van der Waals surface area (Å²) in [6.45, 7) is 3.87. The van der Waals surface area contributed by atoms with Gasteiger partial charge in [0, 0.05) is 23.6 Å². The van der Waals surface area contributed by atoms with Crippen molar-refractivity contribution in [2.45, 2.75) is 13.8 Å². The van der Waals surface area contributed by atoms with Crippen LogP contribution in [0.2, 0.25) is 0 Å². The second kappa shape index (κ2) is 4.04. The summed E-state index contributed by atoms with van der Waals surface area (Å²) >= 11 is 0. The maximum atomic E-state index is 11.8. The van der Waals surface area contributed by atoms with Gasteiger partial charge in [-0.2, -0.15) is 0 Å². The largest absolute Gasteiger partial charge is 0.382 e. The first kappa shape index (κ1) is 8.97. The highest BCUT2D eigenvalue weighted by Gasteiger charge is 1.94. The van der Waals surface area contributed by atoms with Gasteiger partial charge in [0.15, 0.2) is 0 Å². The van der Waals surface area contributed by atoms with E-state index in [2.05, 4.69) is 10.3 Å². The Bertz CT molecular complexity index is 240. The van der Waals surface area contributed by atoms with Crippen molar-refractivity contribution in [2.75, 3.05) is 18.5 Å². The van der Waals surface area contributed by atoms with Crippen LogP contribution in [-0.2, 0) is 0 Å². The van der Waals surface area contributed by atoms with Crippen LogP contribution in [0.15, 0.2) is 12.1 Å². The summed E-state index contributed by atoms with van der Waals surface area (Å²) in [6, 6.07) is 3.81. The van der Waals surface area contributed by atoms with E-state index in [4.69, 9.17) is 0 Å². The topological polar surface area (TPSA) is 24.9 Å². The minimum Gasteiger partial charge on any atom is -0.382 e. The summed E-state index contributed by atoms with van der Waals surface area (Å²) in [5, 5.41) is 2.96. The molecule has 0 aliphatic heterocycles. The van der Waals surface area contributed by atoms with Crippen LogP contribution >= 0.6 is 0 Å². The van der Waals surface area contributed by atoms with Crippen molar-refractivity contribution < 1.29 is 4.39 Å². The summed E-state index contributed by atoms with van der Waals surface area (Å²) in [5.41, 5.74) is 2.85. The number of anilines is 1. The second-order valence-electron chi connectivity index (χ2n) is 2.75. The number of alkyl halides is 1. The third-order valence-electron chi connectivity index (χ3n) is 1.51. The highest BCUT2D eigenvalue weighted by atomic mass is 19.1. The molecule has 1 N–H and O–H groups in total. The zero-order valence-corrected chi connectivity index (χ0v) is 7.39. The maximum Gasteiger partial charge on any atom is 0.107 e. The molecule has 0 aromatic carbocycles. The molecule has 3 heteroatoms. The molecule has 1 aromatic heterocycles. The lowest BCUT2D eigenvalue weighted by atomic mass is 10.3. The summed E-state index contributed by atoms with van der Waals surface area (Å²) in [4.78, 5) is 4.21. The van der Waals surface area contributed by atoms with Crippen LogP contribution in [0.5, 0.6) is 0 Å². The molecule has 12 heavy (non-hydrogen) atoms. The van der Waals surface area contributed by atoms with Crippen molar-refractivity contribution in [3.63, 3.8) is 0 Å². The second-order valence-corrected chi connectivity index (χ2v) is 2.75. The molecule has 0 atom stereocenters. The predicted molar refractivity (Wildman–Crippen MR) is 48.2 cm³/mol. The van der Waals surface area contributed by atoms with Crippen LogP contribution < -0.4 is 5.32 Å².